The average Bonchev–Trinajstić information content (AvgIpc) is 3.03. The summed E-state index contributed by atoms with van der Waals surface area (Å²) in [5.41, 5.74) is 2.50. The van der Waals surface area contributed by atoms with Gasteiger partial charge in [0, 0.05) is 30.5 Å². The van der Waals surface area contributed by atoms with E-state index in [9.17, 15) is 13.6 Å². The van der Waals surface area contributed by atoms with Crippen molar-refractivity contribution in [1.29, 1.82) is 0 Å². The second-order valence-corrected chi connectivity index (χ2v) is 7.06. The van der Waals surface area contributed by atoms with Crippen LogP contribution in [0.3, 0.4) is 0 Å². The monoisotopic (exact) mass is 416 g/mol. The van der Waals surface area contributed by atoms with Gasteiger partial charge in [0.1, 0.15) is 0 Å². The fourth-order valence-corrected chi connectivity index (χ4v) is 3.42. The van der Waals surface area contributed by atoms with Gasteiger partial charge < -0.3 is 19.7 Å². The topological polar surface area (TPSA) is 50.8 Å². The molecule has 160 valence electrons. The van der Waals surface area contributed by atoms with Gasteiger partial charge in [-0.2, -0.15) is 8.78 Å². The van der Waals surface area contributed by atoms with Crippen LogP contribution in [0.1, 0.15) is 31.2 Å². The Morgan fingerprint density at radius 1 is 1.03 bits per heavy atom. The first-order valence-electron chi connectivity index (χ1n) is 10.0. The molecule has 1 heterocycles. The predicted molar refractivity (Wildman–Crippen MR) is 114 cm³/mol. The summed E-state index contributed by atoms with van der Waals surface area (Å²) in [5.74, 6) is -0.176. The number of amides is 1. The van der Waals surface area contributed by atoms with Crippen LogP contribution in [-0.2, 0) is 4.79 Å². The molecule has 3 rings (SSSR count). The molecule has 1 N–H and O–H groups in total. The van der Waals surface area contributed by atoms with E-state index in [1.807, 2.05) is 24.3 Å². The third kappa shape index (κ3) is 6.20. The van der Waals surface area contributed by atoms with Gasteiger partial charge in [-0.05, 0) is 60.9 Å². The fraction of sp³-hybridized carbons (Fsp3) is 0.348. The maximum absolute atomic E-state index is 12.4. The van der Waals surface area contributed by atoms with Crippen LogP contribution in [0.25, 0.3) is 6.08 Å². The number of ether oxygens (including phenoxy) is 2. The van der Waals surface area contributed by atoms with Crippen LogP contribution >= 0.6 is 0 Å². The van der Waals surface area contributed by atoms with Gasteiger partial charge in [-0.25, -0.2) is 0 Å². The highest BCUT2D eigenvalue weighted by Gasteiger charge is 2.11. The van der Waals surface area contributed by atoms with E-state index in [1.54, 1.807) is 12.1 Å². The van der Waals surface area contributed by atoms with Crippen LogP contribution in [-0.4, -0.2) is 32.7 Å². The highest BCUT2D eigenvalue weighted by Crippen LogP contribution is 2.30. The number of carbonyl (C=O) groups is 1. The van der Waals surface area contributed by atoms with Crippen LogP contribution < -0.4 is 19.7 Å². The van der Waals surface area contributed by atoms with Crippen LogP contribution in [0.2, 0.25) is 0 Å². The summed E-state index contributed by atoms with van der Waals surface area (Å²) in [5, 5.41) is 2.82. The van der Waals surface area contributed by atoms with Crippen LogP contribution in [0.4, 0.5) is 20.2 Å². The van der Waals surface area contributed by atoms with Gasteiger partial charge >= 0.3 is 6.61 Å². The van der Waals surface area contributed by atoms with Crippen LogP contribution in [0, 0.1) is 0 Å². The Kier molecular flexibility index (Phi) is 7.65. The van der Waals surface area contributed by atoms with E-state index in [-0.39, 0.29) is 17.4 Å². The third-order valence-electron chi connectivity index (χ3n) is 4.94. The molecule has 1 fully saturated rings. The maximum Gasteiger partial charge on any atom is 0.387 e. The predicted octanol–water partition coefficient (Wildman–Crippen LogP) is 5.33. The molecule has 0 saturated carbocycles. The smallest absolute Gasteiger partial charge is 0.387 e. The second-order valence-electron chi connectivity index (χ2n) is 7.06. The number of halogens is 2. The molecule has 2 aromatic carbocycles. The summed E-state index contributed by atoms with van der Waals surface area (Å²) in [4.78, 5) is 14.6. The first-order valence-corrected chi connectivity index (χ1v) is 10.0. The molecule has 0 atom stereocenters. The van der Waals surface area contributed by atoms with Gasteiger partial charge in [-0.15, -0.1) is 0 Å². The Bertz CT molecular complexity index is 861. The highest BCUT2D eigenvalue weighted by molar-refractivity contribution is 6.02. The molecular weight excluding hydrogens is 390 g/mol. The minimum atomic E-state index is -2.93. The summed E-state index contributed by atoms with van der Waals surface area (Å²) in [6.07, 6.45) is 7.95. The molecule has 0 spiro atoms. The number of nitrogens with zero attached hydrogens (tertiary/aromatic N) is 1. The molecule has 0 bridgehead atoms. The lowest BCUT2D eigenvalue weighted by molar-refractivity contribution is -0.111. The summed E-state index contributed by atoms with van der Waals surface area (Å²) < 4.78 is 34.3. The molecule has 7 heteroatoms. The number of hydrogen-bond donors (Lipinski definition) is 1. The number of alkyl halides is 2. The lowest BCUT2D eigenvalue weighted by atomic mass is 10.2. The molecule has 30 heavy (non-hydrogen) atoms. The lowest BCUT2D eigenvalue weighted by Crippen LogP contribution is -2.23. The van der Waals surface area contributed by atoms with E-state index in [1.165, 1.54) is 56.7 Å². The van der Waals surface area contributed by atoms with E-state index in [4.69, 9.17) is 4.74 Å². The maximum atomic E-state index is 12.4. The third-order valence-corrected chi connectivity index (χ3v) is 4.94. The van der Waals surface area contributed by atoms with Crippen molar-refractivity contribution in [2.75, 3.05) is 30.4 Å². The number of nitrogens with one attached hydrogen (secondary N) is 1. The van der Waals surface area contributed by atoms with E-state index in [0.29, 0.717) is 11.3 Å². The van der Waals surface area contributed by atoms with E-state index in [2.05, 4.69) is 15.0 Å². The van der Waals surface area contributed by atoms with Crippen molar-refractivity contribution in [1.82, 2.24) is 0 Å². The molecule has 0 unspecified atom stereocenters. The van der Waals surface area contributed by atoms with E-state index < -0.39 is 6.61 Å². The molecule has 1 amide bonds. The lowest BCUT2D eigenvalue weighted by Gasteiger charge is -2.22. The van der Waals surface area contributed by atoms with Gasteiger partial charge in [-0.1, -0.05) is 18.9 Å². The fourth-order valence-electron chi connectivity index (χ4n) is 3.42. The molecule has 2 aromatic rings. The zero-order chi connectivity index (χ0) is 21.3. The van der Waals surface area contributed by atoms with Crippen molar-refractivity contribution in [2.24, 2.45) is 0 Å². The zero-order valence-corrected chi connectivity index (χ0v) is 16.9. The number of carbonyl (C=O) groups excluding carboxylic acids is 1. The van der Waals surface area contributed by atoms with Crippen LogP contribution in [0.5, 0.6) is 11.5 Å². The molecule has 0 aromatic heterocycles. The molecule has 1 aliphatic rings. The van der Waals surface area contributed by atoms with Crippen molar-refractivity contribution in [3.63, 3.8) is 0 Å². The molecule has 0 aliphatic carbocycles. The summed E-state index contributed by atoms with van der Waals surface area (Å²) in [6.45, 7) is -0.797. The number of hydrogen-bond acceptors (Lipinski definition) is 4. The van der Waals surface area contributed by atoms with Crippen molar-refractivity contribution in [3.05, 3.63) is 54.1 Å². The van der Waals surface area contributed by atoms with Gasteiger partial charge in [0.2, 0.25) is 5.91 Å². The molecule has 0 radical (unpaired) electrons. The van der Waals surface area contributed by atoms with Gasteiger partial charge in [0.15, 0.2) is 11.5 Å². The average molecular weight is 416 g/mol. The molecule has 5 nitrogen and oxygen atoms in total. The first-order chi connectivity index (χ1) is 14.5. The highest BCUT2D eigenvalue weighted by atomic mass is 19.3. The SMILES string of the molecule is COc1cc(/C=C/C(=O)Nc2ccc(N3CCCCCC3)cc2)ccc1OC(F)F. The molecular formula is C23H26F2N2O3. The Hall–Kier alpha value is -3.09. The Morgan fingerprint density at radius 3 is 2.37 bits per heavy atom. The van der Waals surface area contributed by atoms with Gasteiger partial charge in [-0.3, -0.25) is 4.79 Å². The summed E-state index contributed by atoms with van der Waals surface area (Å²) >= 11 is 0. The summed E-state index contributed by atoms with van der Waals surface area (Å²) in [7, 11) is 1.36. The first kappa shape index (κ1) is 21.6. The Balaban J connectivity index is 1.59. The number of methoxy groups -OCH3 is 1. The number of anilines is 2. The van der Waals surface area contributed by atoms with E-state index >= 15 is 0 Å². The largest absolute Gasteiger partial charge is 0.493 e. The number of benzene rings is 2. The minimum absolute atomic E-state index is 0.0569. The number of rotatable bonds is 7. The standard InChI is InChI=1S/C23H26F2N2O3/c1-29-21-16-17(6-12-20(21)30-23(24)25)7-13-22(28)26-18-8-10-19(11-9-18)27-14-4-2-3-5-15-27/h6-13,16,23H,2-5,14-15H2,1H3,(H,26,28)/b13-7+. The normalized spacial score (nSPS) is 14.6. The van der Waals surface area contributed by atoms with Crippen molar-refractivity contribution < 1.29 is 23.0 Å². The van der Waals surface area contributed by atoms with Crippen molar-refractivity contribution in [2.45, 2.75) is 32.3 Å². The van der Waals surface area contributed by atoms with Crippen LogP contribution in [0.15, 0.2) is 48.5 Å². The van der Waals surface area contributed by atoms with E-state index in [0.717, 1.165) is 13.1 Å². The molecule has 1 aliphatic heterocycles. The Morgan fingerprint density at radius 2 is 1.73 bits per heavy atom. The van der Waals surface area contributed by atoms with Gasteiger partial charge in [0.25, 0.3) is 0 Å². The summed E-state index contributed by atoms with van der Waals surface area (Å²) in [6, 6.07) is 12.3. The molecule has 1 saturated heterocycles. The Labute approximate surface area is 175 Å². The quantitative estimate of drug-likeness (QED) is 0.620. The van der Waals surface area contributed by atoms with Gasteiger partial charge in [0.05, 0.1) is 7.11 Å². The minimum Gasteiger partial charge on any atom is -0.493 e. The second kappa shape index (κ2) is 10.6. The van der Waals surface area contributed by atoms with Crippen molar-refractivity contribution in [3.8, 4) is 11.5 Å². The van der Waals surface area contributed by atoms with Crippen molar-refractivity contribution >= 4 is 23.4 Å². The zero-order valence-electron chi connectivity index (χ0n) is 16.9.